The van der Waals surface area contributed by atoms with Crippen molar-refractivity contribution in [2.24, 2.45) is 5.11 Å². The summed E-state index contributed by atoms with van der Waals surface area (Å²) in [5.74, 6) is 0. The Balaban J connectivity index is 0. The number of hydrogen-bond donors (Lipinski definition) is 0. The van der Waals surface area contributed by atoms with E-state index in [9.17, 15) is 0 Å². The fourth-order valence-corrected chi connectivity index (χ4v) is 0.241. The minimum atomic E-state index is 0.458. The van der Waals surface area contributed by atoms with Crippen molar-refractivity contribution < 1.29 is 0 Å². The van der Waals surface area contributed by atoms with Crippen molar-refractivity contribution in [3.63, 3.8) is 0 Å². The summed E-state index contributed by atoms with van der Waals surface area (Å²) in [6.45, 7) is 2.54. The molecule has 60 valence electrons. The van der Waals surface area contributed by atoms with Crippen LogP contribution in [0, 0.1) is 0 Å². The lowest BCUT2D eigenvalue weighted by atomic mass is 10.8. The molecule has 0 unspecified atom stereocenters. The molecule has 0 amide bonds. The van der Waals surface area contributed by atoms with Crippen LogP contribution in [0.15, 0.2) is 5.11 Å². The summed E-state index contributed by atoms with van der Waals surface area (Å²) in [5.41, 5.74) is 7.63. The molecule has 0 saturated heterocycles. The molecule has 0 aromatic heterocycles. The number of alkyl halides is 3. The normalized spacial score (nSPS) is 7.70. The fourth-order valence-electron chi connectivity index (χ4n) is 0.0825. The second-order valence-corrected chi connectivity index (χ2v) is 5.93. The highest BCUT2D eigenvalue weighted by atomic mass is 79.9. The van der Waals surface area contributed by atoms with Crippen LogP contribution in [0.3, 0.4) is 0 Å². The van der Waals surface area contributed by atoms with E-state index in [1.54, 1.807) is 0 Å². The van der Waals surface area contributed by atoms with E-state index < -0.39 is 0 Å². The maximum absolute atomic E-state index is 7.63. The first-order valence-electron chi connectivity index (χ1n) is 2.50. The number of nitrogens with zero attached hydrogens (tertiary/aromatic N) is 3. The van der Waals surface area contributed by atoms with Gasteiger partial charge in [-0.25, -0.2) is 0 Å². The van der Waals surface area contributed by atoms with Crippen molar-refractivity contribution in [2.45, 2.75) is 10.7 Å². The highest BCUT2D eigenvalue weighted by Crippen LogP contribution is 2.03. The summed E-state index contributed by atoms with van der Waals surface area (Å²) in [7, 11) is 0. The van der Waals surface area contributed by atoms with Crippen LogP contribution in [0.25, 0.3) is 10.4 Å². The Hall–Kier alpha value is 0.750. The zero-order valence-corrected chi connectivity index (χ0v) is 10.2. The molecule has 0 rings (SSSR count). The van der Waals surface area contributed by atoms with Gasteiger partial charge in [-0.2, -0.15) is 0 Å². The van der Waals surface area contributed by atoms with Gasteiger partial charge in [-0.05, 0) is 12.5 Å². The Bertz CT molecular complexity index is 97.2. The Morgan fingerprint density at radius 1 is 1.60 bits per heavy atom. The van der Waals surface area contributed by atoms with Gasteiger partial charge in [-0.15, -0.1) is 0 Å². The van der Waals surface area contributed by atoms with E-state index in [1.807, 2.05) is 6.92 Å². The standard InChI is InChI=1S/C2H4Br2.C2H4BrN3/c1-2(3)4;3-1-2-5-6-4/h2H,1H3;1-2H2. The molecule has 0 N–H and O–H groups in total. The van der Waals surface area contributed by atoms with Gasteiger partial charge < -0.3 is 0 Å². The van der Waals surface area contributed by atoms with Crippen LogP contribution in [-0.2, 0) is 0 Å². The van der Waals surface area contributed by atoms with Crippen molar-refractivity contribution in [1.82, 2.24) is 0 Å². The van der Waals surface area contributed by atoms with E-state index >= 15 is 0 Å². The number of azide groups is 1. The van der Waals surface area contributed by atoms with Gasteiger partial charge in [0.25, 0.3) is 0 Å². The van der Waals surface area contributed by atoms with Gasteiger partial charge >= 0.3 is 0 Å². The molecule has 0 aliphatic carbocycles. The quantitative estimate of drug-likeness (QED) is 0.318. The molecule has 0 saturated carbocycles. The second-order valence-electron chi connectivity index (χ2n) is 1.16. The van der Waals surface area contributed by atoms with Gasteiger partial charge in [-0.3, -0.25) is 0 Å². The molecular weight excluding hydrogens is 330 g/mol. The monoisotopic (exact) mass is 335 g/mol. The van der Waals surface area contributed by atoms with Crippen LogP contribution >= 0.6 is 47.8 Å². The molecule has 0 heterocycles. The van der Waals surface area contributed by atoms with Crippen molar-refractivity contribution in [2.75, 3.05) is 11.9 Å². The van der Waals surface area contributed by atoms with Crippen molar-refractivity contribution in [3.8, 4) is 0 Å². The predicted octanol–water partition coefficient (Wildman–Crippen LogP) is 3.81. The third-order valence-electron chi connectivity index (χ3n) is 0.248. The molecule has 0 spiro atoms. The highest BCUT2D eigenvalue weighted by Gasteiger charge is 1.74. The molecule has 0 atom stereocenters. The van der Waals surface area contributed by atoms with Gasteiger partial charge in [0.15, 0.2) is 0 Å². The molecule has 0 aromatic rings. The fraction of sp³-hybridized carbons (Fsp3) is 1.00. The zero-order valence-electron chi connectivity index (χ0n) is 5.47. The number of hydrogen-bond acceptors (Lipinski definition) is 1. The largest absolute Gasteiger partial charge is 0.0931 e. The van der Waals surface area contributed by atoms with Gasteiger partial charge in [0.2, 0.25) is 0 Å². The zero-order chi connectivity index (χ0) is 8.41. The van der Waals surface area contributed by atoms with E-state index in [1.165, 1.54) is 0 Å². The van der Waals surface area contributed by atoms with E-state index in [-0.39, 0.29) is 0 Å². The third kappa shape index (κ3) is 37.4. The van der Waals surface area contributed by atoms with Crippen LogP contribution in [-0.4, -0.2) is 15.6 Å². The molecule has 0 bridgehead atoms. The Kier molecular flexibility index (Phi) is 16.6. The van der Waals surface area contributed by atoms with E-state index in [4.69, 9.17) is 5.53 Å². The smallest absolute Gasteiger partial charge is 0.0669 e. The lowest BCUT2D eigenvalue weighted by Crippen LogP contribution is -1.71. The highest BCUT2D eigenvalue weighted by molar-refractivity contribution is 9.24. The summed E-state index contributed by atoms with van der Waals surface area (Å²) in [5, 5.41) is 3.97. The lowest BCUT2D eigenvalue weighted by molar-refractivity contribution is 1.13. The molecule has 0 aliphatic heterocycles. The van der Waals surface area contributed by atoms with Gasteiger partial charge in [0.1, 0.15) is 0 Å². The van der Waals surface area contributed by atoms with E-state index in [0.717, 1.165) is 5.33 Å². The first-order chi connectivity index (χ1) is 4.65. The van der Waals surface area contributed by atoms with Crippen molar-refractivity contribution >= 4 is 47.8 Å². The third-order valence-corrected chi connectivity index (χ3v) is 0.602. The summed E-state index contributed by atoms with van der Waals surface area (Å²) in [6.07, 6.45) is 0. The summed E-state index contributed by atoms with van der Waals surface area (Å²) < 4.78 is 0.458. The van der Waals surface area contributed by atoms with Crippen molar-refractivity contribution in [3.05, 3.63) is 10.4 Å². The summed E-state index contributed by atoms with van der Waals surface area (Å²) in [6, 6.07) is 0. The lowest BCUT2D eigenvalue weighted by Gasteiger charge is -1.73. The van der Waals surface area contributed by atoms with Crippen molar-refractivity contribution in [1.29, 1.82) is 0 Å². The average molecular weight is 338 g/mol. The minimum absolute atomic E-state index is 0.458. The van der Waals surface area contributed by atoms with Gasteiger partial charge in [0.05, 0.1) is 3.74 Å². The summed E-state index contributed by atoms with van der Waals surface area (Å²) >= 11 is 9.46. The first-order valence-corrected chi connectivity index (χ1v) is 5.45. The van der Waals surface area contributed by atoms with Crippen LogP contribution in [0.5, 0.6) is 0 Å². The predicted molar refractivity (Wildman–Crippen MR) is 55.1 cm³/mol. The second kappa shape index (κ2) is 12.4. The Morgan fingerprint density at radius 3 is 2.10 bits per heavy atom. The molecule has 0 aliphatic rings. The Labute approximate surface area is 85.6 Å². The minimum Gasteiger partial charge on any atom is -0.0931 e. The SMILES string of the molecule is CC(Br)Br.[N-]=[N+]=NCCBr. The van der Waals surface area contributed by atoms with Crippen LogP contribution in [0.4, 0.5) is 0 Å². The molecular formula is C4H8Br3N3. The van der Waals surface area contributed by atoms with Crippen LogP contribution in [0.1, 0.15) is 6.92 Å². The number of halogens is 3. The molecule has 0 radical (unpaired) electrons. The maximum atomic E-state index is 7.63. The average Bonchev–Trinajstić information content (AvgIpc) is 1.82. The maximum Gasteiger partial charge on any atom is 0.0669 e. The molecule has 6 heteroatoms. The topological polar surface area (TPSA) is 48.8 Å². The van der Waals surface area contributed by atoms with Gasteiger partial charge in [-0.1, -0.05) is 52.9 Å². The van der Waals surface area contributed by atoms with E-state index in [0.29, 0.717) is 10.3 Å². The van der Waals surface area contributed by atoms with Crippen LogP contribution < -0.4 is 0 Å². The summed E-state index contributed by atoms with van der Waals surface area (Å²) in [4.78, 5) is 2.52. The van der Waals surface area contributed by atoms with E-state index in [2.05, 4.69) is 57.8 Å². The molecule has 0 fully saturated rings. The molecule has 0 aromatic carbocycles. The first kappa shape index (κ1) is 13.3. The number of rotatable bonds is 2. The van der Waals surface area contributed by atoms with Gasteiger partial charge in [0, 0.05) is 16.8 Å². The Morgan fingerprint density at radius 2 is 2.00 bits per heavy atom. The molecule has 3 nitrogen and oxygen atoms in total. The molecule has 10 heavy (non-hydrogen) atoms. The van der Waals surface area contributed by atoms with Crippen LogP contribution in [0.2, 0.25) is 0 Å².